The molecule has 5 rings (SSSR count). The molecule has 4 aliphatic carbocycles. The third-order valence-electron chi connectivity index (χ3n) is 5.68. The van der Waals surface area contributed by atoms with Crippen LogP contribution in [0.1, 0.15) is 38.5 Å². The fourth-order valence-corrected chi connectivity index (χ4v) is 8.39. The molecular weight excluding hydrogens is 653 g/mol. The van der Waals surface area contributed by atoms with Gasteiger partial charge in [-0.1, -0.05) is 0 Å². The summed E-state index contributed by atoms with van der Waals surface area (Å²) in [6, 6.07) is 0. The Labute approximate surface area is 169 Å². The van der Waals surface area contributed by atoms with E-state index in [1.165, 1.54) is 6.42 Å². The second-order valence-electron chi connectivity index (χ2n) is 7.92. The van der Waals surface area contributed by atoms with Gasteiger partial charge in [0, 0.05) is 0 Å². The molecule has 0 radical (unpaired) electrons. The zero-order chi connectivity index (χ0) is 17.2. The molecular formula is C16H22I3O5-. The number of hydrogen-bond acceptors (Lipinski definition) is 5. The Morgan fingerprint density at radius 3 is 2.21 bits per heavy atom. The van der Waals surface area contributed by atoms with Crippen molar-refractivity contribution in [3.63, 3.8) is 0 Å². The van der Waals surface area contributed by atoms with Gasteiger partial charge in [-0.15, -0.1) is 0 Å². The van der Waals surface area contributed by atoms with Crippen molar-refractivity contribution in [2.24, 2.45) is 11.8 Å². The Balaban J connectivity index is 1.54. The van der Waals surface area contributed by atoms with Crippen molar-refractivity contribution in [3.05, 3.63) is 0 Å². The first kappa shape index (κ1) is 18.5. The summed E-state index contributed by atoms with van der Waals surface area (Å²) in [5.41, 5.74) is -0.820. The van der Waals surface area contributed by atoms with Gasteiger partial charge in [0.15, 0.2) is 0 Å². The number of hydrogen-bond donors (Lipinski definition) is 0. The van der Waals surface area contributed by atoms with Crippen LogP contribution in [-0.4, -0.2) is 41.2 Å². The van der Waals surface area contributed by atoms with Crippen LogP contribution in [0.3, 0.4) is 0 Å². The quantitative estimate of drug-likeness (QED) is 0.141. The summed E-state index contributed by atoms with van der Waals surface area (Å²) in [4.78, 5) is 27.0. The third-order valence-corrected chi connectivity index (χ3v) is 28.1. The molecule has 4 saturated carbocycles. The van der Waals surface area contributed by atoms with Crippen LogP contribution in [0, 0.1) is 11.8 Å². The third kappa shape index (κ3) is 3.46. The predicted molar refractivity (Wildman–Crippen MR) is 101 cm³/mol. The van der Waals surface area contributed by atoms with Gasteiger partial charge in [-0.3, -0.25) is 0 Å². The van der Waals surface area contributed by atoms with Crippen molar-refractivity contribution in [1.29, 1.82) is 0 Å². The van der Waals surface area contributed by atoms with Crippen molar-refractivity contribution in [2.45, 2.75) is 55.8 Å². The molecule has 1 aliphatic heterocycles. The molecule has 24 heavy (non-hydrogen) atoms. The van der Waals surface area contributed by atoms with Crippen LogP contribution < -0.4 is 14.5 Å². The van der Waals surface area contributed by atoms with Crippen LogP contribution in [0.4, 0.5) is 4.79 Å². The molecule has 0 N–H and O–H groups in total. The minimum atomic E-state index is -2.48. The van der Waals surface area contributed by atoms with E-state index in [2.05, 4.69) is 46.1 Å². The maximum absolute atomic E-state index is 12.7. The second kappa shape index (κ2) is 6.32. The van der Waals surface area contributed by atoms with E-state index in [9.17, 15) is 9.59 Å². The van der Waals surface area contributed by atoms with E-state index in [0.29, 0.717) is 24.9 Å². The number of esters is 1. The number of rotatable bonds is 5. The second-order valence-corrected chi connectivity index (χ2v) is 30.5. The van der Waals surface area contributed by atoms with Gasteiger partial charge in [-0.05, 0) is 0 Å². The van der Waals surface area contributed by atoms with E-state index in [0.717, 1.165) is 28.1 Å². The van der Waals surface area contributed by atoms with Crippen molar-refractivity contribution >= 4 is 51.2 Å². The summed E-state index contributed by atoms with van der Waals surface area (Å²) >= 11 is 2.19. The summed E-state index contributed by atoms with van der Waals surface area (Å²) in [6.45, 7) is 0.484. The normalized spacial score (nSPS) is 46.0. The van der Waals surface area contributed by atoms with Crippen molar-refractivity contribution in [1.82, 2.24) is 0 Å². The Morgan fingerprint density at radius 1 is 1.17 bits per heavy atom. The zero-order valence-electron chi connectivity index (χ0n) is 13.6. The number of ether oxygens (including phenoxy) is 3. The van der Waals surface area contributed by atoms with E-state index in [1.807, 2.05) is 0 Å². The van der Waals surface area contributed by atoms with Crippen LogP contribution in [0.25, 0.3) is 0 Å². The monoisotopic (exact) mass is 675 g/mol. The molecule has 1 saturated heterocycles. The van der Waals surface area contributed by atoms with E-state index in [4.69, 9.17) is 14.2 Å². The van der Waals surface area contributed by atoms with Gasteiger partial charge in [-0.2, -0.15) is 0 Å². The standard InChI is InChI=1S/C16H22I3O5/c1-19(18,9-17)14(21)24-16-5-10-2-11(6-16)4-15(3-10,8-16)23-13(20)12-7-22-12/h10-12H,2-9H2,1H3/q-1. The fraction of sp³-hybridized carbons (Fsp3) is 0.875. The number of carbonyl (C=O) groups is 2. The van der Waals surface area contributed by atoms with Crippen LogP contribution in [-0.2, 0) is 19.0 Å². The Kier molecular flexibility index (Phi) is 4.86. The van der Waals surface area contributed by atoms with Gasteiger partial charge >= 0.3 is 171 Å². The van der Waals surface area contributed by atoms with Crippen molar-refractivity contribution < 1.29 is 38.3 Å². The van der Waals surface area contributed by atoms with E-state index in [1.54, 1.807) is 0 Å². The van der Waals surface area contributed by atoms with Gasteiger partial charge < -0.3 is 0 Å². The Hall–Kier alpha value is 1.09. The fourth-order valence-electron chi connectivity index (χ4n) is 5.09. The van der Waals surface area contributed by atoms with Gasteiger partial charge in [0.25, 0.3) is 0 Å². The molecule has 4 atom stereocenters. The molecule has 0 aromatic carbocycles. The predicted octanol–water partition coefficient (Wildman–Crippen LogP) is 0.689. The number of carbonyl (C=O) groups excluding carboxylic acids is 2. The molecule has 4 unspecified atom stereocenters. The molecule has 1 heterocycles. The SMILES string of the molecule is C[I-](I)(CI)C(=O)OC12CC3CC(CC(OC(=O)C4CO4)(C3)C1)C2. The molecule has 0 aromatic heterocycles. The molecule has 8 heteroatoms. The first-order valence-electron chi connectivity index (χ1n) is 8.26. The average Bonchev–Trinajstić information content (AvgIpc) is 3.29. The Morgan fingerprint density at radius 2 is 1.71 bits per heavy atom. The summed E-state index contributed by atoms with van der Waals surface area (Å²) in [7, 11) is 0. The topological polar surface area (TPSA) is 65.1 Å². The molecule has 138 valence electrons. The molecule has 0 aromatic rings. The van der Waals surface area contributed by atoms with E-state index in [-0.39, 0.29) is 16.0 Å². The average molecular weight is 675 g/mol. The first-order valence-corrected chi connectivity index (χ1v) is 20.8. The summed E-state index contributed by atoms with van der Waals surface area (Å²) in [5, 5.41) is 0. The van der Waals surface area contributed by atoms with Crippen LogP contribution in [0.5, 0.6) is 0 Å². The van der Waals surface area contributed by atoms with Gasteiger partial charge in [0.05, 0.1) is 0 Å². The van der Waals surface area contributed by atoms with Crippen molar-refractivity contribution in [2.75, 3.05) is 14.0 Å². The Bertz CT molecular complexity index is 560. The van der Waals surface area contributed by atoms with E-state index >= 15 is 0 Å². The zero-order valence-corrected chi connectivity index (χ0v) is 20.0. The maximum atomic E-state index is 12.7. The van der Waals surface area contributed by atoms with Crippen LogP contribution in [0.15, 0.2) is 0 Å². The number of halogens is 3. The molecule has 5 fully saturated rings. The van der Waals surface area contributed by atoms with E-state index < -0.39 is 25.7 Å². The van der Waals surface area contributed by atoms with Gasteiger partial charge in [0.1, 0.15) is 0 Å². The van der Waals surface area contributed by atoms with Gasteiger partial charge in [0.2, 0.25) is 0 Å². The summed E-state index contributed by atoms with van der Waals surface area (Å²) < 4.78 is 18.2. The molecule has 0 amide bonds. The summed E-state index contributed by atoms with van der Waals surface area (Å²) in [6.07, 6.45) is 5.26. The first-order chi connectivity index (χ1) is 11.2. The number of alkyl halides is 3. The molecule has 5 nitrogen and oxygen atoms in total. The molecule has 5 aliphatic rings. The van der Waals surface area contributed by atoms with Gasteiger partial charge in [-0.25, -0.2) is 0 Å². The van der Waals surface area contributed by atoms with Crippen LogP contribution in [0.2, 0.25) is 0 Å². The molecule has 4 bridgehead atoms. The van der Waals surface area contributed by atoms with Crippen LogP contribution >= 0.6 is 41.2 Å². The number of epoxide rings is 1. The summed E-state index contributed by atoms with van der Waals surface area (Å²) in [5.74, 6) is 0.804. The van der Waals surface area contributed by atoms with Crippen molar-refractivity contribution in [3.8, 4) is 0 Å². The minimum absolute atomic E-state index is 0.0471. The molecule has 0 spiro atoms.